The lowest BCUT2D eigenvalue weighted by molar-refractivity contribution is 0.0956. The Morgan fingerprint density at radius 1 is 1.20 bits per heavy atom. The molecule has 0 aliphatic rings. The van der Waals surface area contributed by atoms with Crippen LogP contribution in [0, 0.1) is 0 Å². The molecular formula is C12H18N2O. The second-order valence-corrected chi connectivity index (χ2v) is 3.62. The topological polar surface area (TPSA) is 69.1 Å². The van der Waals surface area contributed by atoms with Gasteiger partial charge in [-0.1, -0.05) is 36.8 Å². The molecule has 0 radical (unpaired) electrons. The summed E-state index contributed by atoms with van der Waals surface area (Å²) in [6.45, 7) is 0.659. The van der Waals surface area contributed by atoms with Crippen LogP contribution in [0.3, 0.4) is 0 Å². The van der Waals surface area contributed by atoms with Gasteiger partial charge in [0.25, 0.3) is 0 Å². The highest BCUT2D eigenvalue weighted by Crippen LogP contribution is 2.06. The second-order valence-electron chi connectivity index (χ2n) is 3.62. The Morgan fingerprint density at radius 2 is 1.87 bits per heavy atom. The van der Waals surface area contributed by atoms with Crippen LogP contribution < -0.4 is 11.5 Å². The lowest BCUT2D eigenvalue weighted by Crippen LogP contribution is -2.30. The molecule has 0 spiro atoms. The number of unbranched alkanes of at least 4 members (excludes halogenated alkanes) is 1. The van der Waals surface area contributed by atoms with Crippen molar-refractivity contribution in [2.45, 2.75) is 25.3 Å². The van der Waals surface area contributed by atoms with E-state index in [9.17, 15) is 4.79 Å². The highest BCUT2D eigenvalue weighted by atomic mass is 16.1. The van der Waals surface area contributed by atoms with Gasteiger partial charge in [0.05, 0.1) is 6.04 Å². The van der Waals surface area contributed by atoms with E-state index in [0.29, 0.717) is 18.5 Å². The number of Topliss-reactive ketones (excluding diaryl/α,β-unsaturated/α-hetero) is 1. The molecule has 1 aromatic carbocycles. The van der Waals surface area contributed by atoms with Crippen LogP contribution in [0.2, 0.25) is 0 Å². The van der Waals surface area contributed by atoms with E-state index < -0.39 is 0 Å². The van der Waals surface area contributed by atoms with Crippen LogP contribution in [-0.4, -0.2) is 18.4 Å². The molecule has 15 heavy (non-hydrogen) atoms. The van der Waals surface area contributed by atoms with Crippen molar-refractivity contribution in [3.63, 3.8) is 0 Å². The largest absolute Gasteiger partial charge is 0.330 e. The maximum Gasteiger partial charge on any atom is 0.179 e. The molecule has 0 aromatic heterocycles. The molecule has 0 bridgehead atoms. The van der Waals surface area contributed by atoms with Gasteiger partial charge in [-0.05, 0) is 19.4 Å². The Hall–Kier alpha value is -1.19. The molecule has 0 saturated heterocycles. The molecule has 3 nitrogen and oxygen atoms in total. The first-order valence-electron chi connectivity index (χ1n) is 5.30. The summed E-state index contributed by atoms with van der Waals surface area (Å²) in [6, 6.07) is 8.78. The fraction of sp³-hybridized carbons (Fsp3) is 0.417. The molecule has 0 amide bonds. The van der Waals surface area contributed by atoms with Crippen molar-refractivity contribution in [3.8, 4) is 0 Å². The summed E-state index contributed by atoms with van der Waals surface area (Å²) in [4.78, 5) is 11.8. The highest BCUT2D eigenvalue weighted by Gasteiger charge is 2.14. The number of carbonyl (C=O) groups is 1. The zero-order chi connectivity index (χ0) is 11.1. The van der Waals surface area contributed by atoms with E-state index in [-0.39, 0.29) is 11.8 Å². The molecule has 0 heterocycles. The molecule has 0 fully saturated rings. The van der Waals surface area contributed by atoms with Crippen LogP contribution in [-0.2, 0) is 0 Å². The van der Waals surface area contributed by atoms with Crippen LogP contribution in [0.15, 0.2) is 30.3 Å². The Balaban J connectivity index is 2.46. The monoisotopic (exact) mass is 206 g/mol. The molecule has 1 atom stereocenters. The van der Waals surface area contributed by atoms with Crippen molar-refractivity contribution < 1.29 is 4.79 Å². The summed E-state index contributed by atoms with van der Waals surface area (Å²) >= 11 is 0. The average molecular weight is 206 g/mol. The standard InChI is InChI=1S/C12H18N2O/c13-9-5-4-8-11(14)12(15)10-6-2-1-3-7-10/h1-3,6-7,11H,4-5,8-9,13-14H2/t11-/m0/s1. The number of benzene rings is 1. The maximum absolute atomic E-state index is 11.8. The van der Waals surface area contributed by atoms with Crippen LogP contribution in [0.4, 0.5) is 0 Å². The number of ketones is 1. The fourth-order valence-electron chi connectivity index (χ4n) is 1.46. The third kappa shape index (κ3) is 3.81. The summed E-state index contributed by atoms with van der Waals surface area (Å²) < 4.78 is 0. The third-order valence-electron chi connectivity index (χ3n) is 2.36. The predicted molar refractivity (Wildman–Crippen MR) is 61.7 cm³/mol. The first-order valence-corrected chi connectivity index (χ1v) is 5.30. The number of hydrogen-bond donors (Lipinski definition) is 2. The van der Waals surface area contributed by atoms with Crippen LogP contribution >= 0.6 is 0 Å². The molecule has 4 N–H and O–H groups in total. The van der Waals surface area contributed by atoms with Gasteiger partial charge in [-0.2, -0.15) is 0 Å². The molecule has 1 rings (SSSR count). The van der Waals surface area contributed by atoms with Crippen LogP contribution in [0.1, 0.15) is 29.6 Å². The van der Waals surface area contributed by atoms with Crippen molar-refractivity contribution in [2.75, 3.05) is 6.54 Å². The van der Waals surface area contributed by atoms with E-state index in [0.717, 1.165) is 12.8 Å². The minimum Gasteiger partial charge on any atom is -0.330 e. The highest BCUT2D eigenvalue weighted by molar-refractivity contribution is 5.99. The molecule has 0 aliphatic heterocycles. The average Bonchev–Trinajstić information content (AvgIpc) is 2.29. The van der Waals surface area contributed by atoms with Crippen molar-refractivity contribution in [3.05, 3.63) is 35.9 Å². The van der Waals surface area contributed by atoms with Crippen molar-refractivity contribution >= 4 is 5.78 Å². The maximum atomic E-state index is 11.8. The number of hydrogen-bond acceptors (Lipinski definition) is 3. The summed E-state index contributed by atoms with van der Waals surface area (Å²) in [5.74, 6) is 0.0209. The number of carbonyl (C=O) groups excluding carboxylic acids is 1. The third-order valence-corrected chi connectivity index (χ3v) is 2.36. The van der Waals surface area contributed by atoms with E-state index >= 15 is 0 Å². The van der Waals surface area contributed by atoms with Crippen molar-refractivity contribution in [1.82, 2.24) is 0 Å². The van der Waals surface area contributed by atoms with Crippen LogP contribution in [0.25, 0.3) is 0 Å². The Labute approximate surface area is 90.5 Å². The van der Waals surface area contributed by atoms with Gasteiger partial charge in [0.2, 0.25) is 0 Å². The lowest BCUT2D eigenvalue weighted by atomic mass is 10.0. The summed E-state index contributed by atoms with van der Waals surface area (Å²) in [5, 5.41) is 0. The number of rotatable bonds is 6. The molecule has 0 saturated carbocycles. The Bertz CT molecular complexity index is 298. The minimum atomic E-state index is -0.390. The predicted octanol–water partition coefficient (Wildman–Crippen LogP) is 1.33. The molecule has 3 heteroatoms. The van der Waals surface area contributed by atoms with Gasteiger partial charge in [0.1, 0.15) is 0 Å². The van der Waals surface area contributed by atoms with Gasteiger partial charge in [-0.15, -0.1) is 0 Å². The summed E-state index contributed by atoms with van der Waals surface area (Å²) in [5.41, 5.74) is 11.9. The molecular weight excluding hydrogens is 188 g/mol. The summed E-state index contributed by atoms with van der Waals surface area (Å²) in [7, 11) is 0. The van der Waals surface area contributed by atoms with Crippen LogP contribution in [0.5, 0.6) is 0 Å². The molecule has 0 unspecified atom stereocenters. The van der Waals surface area contributed by atoms with Gasteiger partial charge in [-0.25, -0.2) is 0 Å². The van der Waals surface area contributed by atoms with Gasteiger partial charge in [0, 0.05) is 5.56 Å². The lowest BCUT2D eigenvalue weighted by Gasteiger charge is -2.09. The van der Waals surface area contributed by atoms with E-state index in [1.807, 2.05) is 18.2 Å². The SMILES string of the molecule is NCCCC[C@H](N)C(=O)c1ccccc1. The van der Waals surface area contributed by atoms with E-state index in [1.54, 1.807) is 12.1 Å². The van der Waals surface area contributed by atoms with E-state index in [4.69, 9.17) is 11.5 Å². The van der Waals surface area contributed by atoms with E-state index in [1.165, 1.54) is 0 Å². The van der Waals surface area contributed by atoms with E-state index in [2.05, 4.69) is 0 Å². The smallest absolute Gasteiger partial charge is 0.179 e. The molecule has 0 aliphatic carbocycles. The zero-order valence-corrected chi connectivity index (χ0v) is 8.86. The summed E-state index contributed by atoms with van der Waals surface area (Å²) in [6.07, 6.45) is 2.55. The first-order chi connectivity index (χ1) is 7.25. The van der Waals surface area contributed by atoms with Gasteiger partial charge < -0.3 is 11.5 Å². The minimum absolute atomic E-state index is 0.0209. The van der Waals surface area contributed by atoms with Gasteiger partial charge >= 0.3 is 0 Å². The normalized spacial score (nSPS) is 12.4. The Kier molecular flexibility index (Phi) is 5.01. The van der Waals surface area contributed by atoms with Crippen molar-refractivity contribution in [2.24, 2.45) is 11.5 Å². The fourth-order valence-corrected chi connectivity index (χ4v) is 1.46. The zero-order valence-electron chi connectivity index (χ0n) is 8.86. The van der Waals surface area contributed by atoms with Crippen molar-refractivity contribution in [1.29, 1.82) is 0 Å². The Morgan fingerprint density at radius 3 is 2.47 bits per heavy atom. The molecule has 82 valence electrons. The van der Waals surface area contributed by atoms with Gasteiger partial charge in [0.15, 0.2) is 5.78 Å². The first kappa shape index (κ1) is 11.9. The quantitative estimate of drug-likeness (QED) is 0.545. The molecule has 1 aromatic rings. The van der Waals surface area contributed by atoms with Gasteiger partial charge in [-0.3, -0.25) is 4.79 Å². The second kappa shape index (κ2) is 6.32. The number of nitrogens with two attached hydrogens (primary N) is 2.